The van der Waals surface area contributed by atoms with E-state index in [4.69, 9.17) is 4.74 Å². The van der Waals surface area contributed by atoms with E-state index in [-0.39, 0.29) is 22.3 Å². The number of unbranched alkanes of at least 4 members (excludes halogenated alkanes) is 1. The van der Waals surface area contributed by atoms with Crippen LogP contribution in [0, 0.1) is 5.82 Å². The van der Waals surface area contributed by atoms with E-state index >= 15 is 0 Å². The van der Waals surface area contributed by atoms with Gasteiger partial charge in [0.05, 0.1) is 18.2 Å². The number of aliphatic hydroxyl groups excluding tert-OH is 1. The standard InChI is InChI=1S/C30H26FN3O4S2/c1-2-3-16-38-22-14-9-13-20(17-22)25-24(26(35)19-10-5-4-6-11-19)27(36)28(37)34(25)29-32-33-30(40-29)39-18-21-12-7-8-15-23(21)31/h4-15,17,25,35H,2-3,16,18H2,1H3. The van der Waals surface area contributed by atoms with Gasteiger partial charge in [0, 0.05) is 11.3 Å². The molecule has 2 heterocycles. The molecule has 0 radical (unpaired) electrons. The third-order valence-electron chi connectivity index (χ3n) is 6.34. The molecular weight excluding hydrogens is 549 g/mol. The van der Waals surface area contributed by atoms with E-state index < -0.39 is 17.7 Å². The first-order valence-electron chi connectivity index (χ1n) is 12.8. The molecule has 0 aliphatic carbocycles. The first-order chi connectivity index (χ1) is 19.5. The predicted octanol–water partition coefficient (Wildman–Crippen LogP) is 6.77. The molecule has 40 heavy (non-hydrogen) atoms. The summed E-state index contributed by atoms with van der Waals surface area (Å²) in [6, 6.07) is 21.3. The van der Waals surface area contributed by atoms with Crippen LogP contribution >= 0.6 is 23.1 Å². The molecule has 3 aromatic carbocycles. The van der Waals surface area contributed by atoms with Gasteiger partial charge in [-0.3, -0.25) is 14.5 Å². The van der Waals surface area contributed by atoms with Gasteiger partial charge in [0.2, 0.25) is 5.13 Å². The lowest BCUT2D eigenvalue weighted by atomic mass is 9.95. The number of thioether (sulfide) groups is 1. The highest BCUT2D eigenvalue weighted by molar-refractivity contribution is 8.00. The number of halogens is 1. The van der Waals surface area contributed by atoms with Crippen molar-refractivity contribution in [2.24, 2.45) is 0 Å². The van der Waals surface area contributed by atoms with E-state index in [1.807, 2.05) is 6.07 Å². The fourth-order valence-electron chi connectivity index (χ4n) is 4.32. The number of aromatic nitrogens is 2. The minimum Gasteiger partial charge on any atom is -0.507 e. The largest absolute Gasteiger partial charge is 0.507 e. The summed E-state index contributed by atoms with van der Waals surface area (Å²) in [5, 5.41) is 19.9. The van der Waals surface area contributed by atoms with Gasteiger partial charge in [-0.25, -0.2) is 4.39 Å². The maximum Gasteiger partial charge on any atom is 0.301 e. The molecule has 1 saturated heterocycles. The van der Waals surface area contributed by atoms with Gasteiger partial charge < -0.3 is 9.84 Å². The summed E-state index contributed by atoms with van der Waals surface area (Å²) in [6.45, 7) is 2.60. The number of aliphatic hydroxyl groups is 1. The number of ether oxygens (including phenoxy) is 1. The summed E-state index contributed by atoms with van der Waals surface area (Å²) in [5.41, 5.74) is 1.48. The second-order valence-electron chi connectivity index (χ2n) is 9.04. The summed E-state index contributed by atoms with van der Waals surface area (Å²) >= 11 is 2.41. The lowest BCUT2D eigenvalue weighted by Gasteiger charge is -2.23. The summed E-state index contributed by atoms with van der Waals surface area (Å²) in [4.78, 5) is 28.1. The molecule has 0 saturated carbocycles. The number of rotatable bonds is 10. The normalized spacial score (nSPS) is 16.4. The summed E-state index contributed by atoms with van der Waals surface area (Å²) in [6.07, 6.45) is 1.86. The zero-order valence-electron chi connectivity index (χ0n) is 21.6. The third kappa shape index (κ3) is 5.78. The van der Waals surface area contributed by atoms with Crippen LogP contribution in [-0.4, -0.2) is 33.6 Å². The minimum absolute atomic E-state index is 0.0438. The SMILES string of the molecule is CCCCOc1cccc(C2C(=C(O)c3ccccc3)C(=O)C(=O)N2c2nnc(SCc3ccccc3F)s2)c1. The molecule has 1 fully saturated rings. The van der Waals surface area contributed by atoms with E-state index in [1.165, 1.54) is 22.7 Å². The van der Waals surface area contributed by atoms with Crippen molar-refractivity contribution in [3.05, 3.63) is 107 Å². The Balaban J connectivity index is 1.53. The van der Waals surface area contributed by atoms with Gasteiger partial charge in [-0.2, -0.15) is 0 Å². The van der Waals surface area contributed by atoms with E-state index in [9.17, 15) is 19.1 Å². The Morgan fingerprint density at radius 2 is 1.82 bits per heavy atom. The van der Waals surface area contributed by atoms with Gasteiger partial charge in [-0.1, -0.05) is 97.1 Å². The second-order valence-corrected chi connectivity index (χ2v) is 11.2. The van der Waals surface area contributed by atoms with Gasteiger partial charge >= 0.3 is 5.91 Å². The molecule has 1 amide bonds. The Morgan fingerprint density at radius 3 is 2.60 bits per heavy atom. The Labute approximate surface area is 239 Å². The number of Topliss-reactive ketones (excluding diaryl/α,β-unsaturated/α-hetero) is 1. The first kappa shape index (κ1) is 27.5. The molecule has 1 atom stereocenters. The number of anilines is 1. The van der Waals surface area contributed by atoms with E-state index in [0.29, 0.717) is 39.1 Å². The van der Waals surface area contributed by atoms with Crippen LogP contribution < -0.4 is 9.64 Å². The van der Waals surface area contributed by atoms with Gasteiger partial charge in [0.15, 0.2) is 4.34 Å². The van der Waals surface area contributed by atoms with Crippen LogP contribution in [0.15, 0.2) is 88.8 Å². The van der Waals surface area contributed by atoms with E-state index in [0.717, 1.165) is 24.2 Å². The predicted molar refractivity (Wildman–Crippen MR) is 154 cm³/mol. The van der Waals surface area contributed by atoms with Crippen molar-refractivity contribution in [1.29, 1.82) is 0 Å². The molecule has 0 spiro atoms. The highest BCUT2D eigenvalue weighted by Crippen LogP contribution is 2.44. The smallest absolute Gasteiger partial charge is 0.301 e. The van der Waals surface area contributed by atoms with Crippen LogP contribution in [0.3, 0.4) is 0 Å². The van der Waals surface area contributed by atoms with Crippen molar-refractivity contribution >= 4 is 45.7 Å². The van der Waals surface area contributed by atoms with E-state index in [1.54, 1.807) is 66.7 Å². The number of nitrogens with zero attached hydrogens (tertiary/aromatic N) is 3. The maximum atomic E-state index is 14.1. The summed E-state index contributed by atoms with van der Waals surface area (Å²) in [5.74, 6) is -1.31. The monoisotopic (exact) mass is 575 g/mol. The molecule has 1 aromatic heterocycles. The second kappa shape index (κ2) is 12.4. The first-order valence-corrected chi connectivity index (χ1v) is 14.6. The summed E-state index contributed by atoms with van der Waals surface area (Å²) in [7, 11) is 0. The van der Waals surface area contributed by atoms with Crippen molar-refractivity contribution < 1.29 is 23.8 Å². The van der Waals surface area contributed by atoms with Crippen LogP contribution in [0.25, 0.3) is 5.76 Å². The molecule has 0 bridgehead atoms. The van der Waals surface area contributed by atoms with Crippen LogP contribution in [-0.2, 0) is 15.3 Å². The molecular formula is C30H26FN3O4S2. The van der Waals surface area contributed by atoms with E-state index in [2.05, 4.69) is 17.1 Å². The minimum atomic E-state index is -0.952. The number of hydrogen-bond acceptors (Lipinski definition) is 8. The fraction of sp³-hybridized carbons (Fsp3) is 0.200. The molecule has 1 aliphatic rings. The van der Waals surface area contributed by atoms with Crippen LogP contribution in [0.5, 0.6) is 5.75 Å². The average molecular weight is 576 g/mol. The van der Waals surface area contributed by atoms with Gasteiger partial charge in [0.25, 0.3) is 5.78 Å². The van der Waals surface area contributed by atoms with Crippen molar-refractivity contribution in [3.63, 3.8) is 0 Å². The van der Waals surface area contributed by atoms with Gasteiger partial charge in [0.1, 0.15) is 17.3 Å². The number of carbonyl (C=O) groups is 2. The molecule has 1 unspecified atom stereocenters. The highest BCUT2D eigenvalue weighted by Gasteiger charge is 2.48. The molecule has 7 nitrogen and oxygen atoms in total. The van der Waals surface area contributed by atoms with Crippen LogP contribution in [0.4, 0.5) is 9.52 Å². The maximum absolute atomic E-state index is 14.1. The molecule has 10 heteroatoms. The molecule has 4 aromatic rings. The lowest BCUT2D eigenvalue weighted by Crippen LogP contribution is -2.29. The number of benzene rings is 3. The number of amides is 1. The van der Waals surface area contributed by atoms with Crippen molar-refractivity contribution in [2.75, 3.05) is 11.5 Å². The lowest BCUT2D eigenvalue weighted by molar-refractivity contribution is -0.132. The zero-order valence-corrected chi connectivity index (χ0v) is 23.3. The molecule has 5 rings (SSSR count). The zero-order chi connectivity index (χ0) is 28.1. The Hall–Kier alpha value is -4.02. The van der Waals surface area contributed by atoms with Gasteiger partial charge in [-0.15, -0.1) is 10.2 Å². The van der Waals surface area contributed by atoms with Crippen LogP contribution in [0.1, 0.15) is 42.5 Å². The fourth-order valence-corrected chi connectivity index (χ4v) is 6.17. The molecule has 1 N–H and O–H groups in total. The Bertz CT molecular complexity index is 1560. The van der Waals surface area contributed by atoms with Crippen molar-refractivity contribution in [1.82, 2.24) is 10.2 Å². The van der Waals surface area contributed by atoms with Crippen molar-refractivity contribution in [2.45, 2.75) is 35.9 Å². The topological polar surface area (TPSA) is 92.6 Å². The van der Waals surface area contributed by atoms with Crippen LogP contribution in [0.2, 0.25) is 0 Å². The average Bonchev–Trinajstić information content (AvgIpc) is 3.55. The molecule has 1 aliphatic heterocycles. The number of ketones is 1. The highest BCUT2D eigenvalue weighted by atomic mass is 32.2. The quantitative estimate of drug-likeness (QED) is 0.0557. The Morgan fingerprint density at radius 1 is 1.05 bits per heavy atom. The number of hydrogen-bond donors (Lipinski definition) is 1. The number of carbonyl (C=O) groups excluding carboxylic acids is 2. The van der Waals surface area contributed by atoms with Gasteiger partial charge in [-0.05, 0) is 35.7 Å². The van der Waals surface area contributed by atoms with Crippen molar-refractivity contribution in [3.8, 4) is 5.75 Å². The third-order valence-corrected chi connectivity index (χ3v) is 8.45. The molecule has 204 valence electrons. The summed E-state index contributed by atoms with van der Waals surface area (Å²) < 4.78 is 20.5. The Kier molecular flexibility index (Phi) is 8.57.